The Hall–Kier alpha value is -3.15. The molecule has 1 unspecified atom stereocenters. The summed E-state index contributed by atoms with van der Waals surface area (Å²) in [4.78, 5) is 40.1. The van der Waals surface area contributed by atoms with E-state index in [-0.39, 0.29) is 24.1 Å². The summed E-state index contributed by atoms with van der Waals surface area (Å²) in [5, 5.41) is 2.83. The molecule has 1 atom stereocenters. The Morgan fingerprint density at radius 2 is 1.85 bits per heavy atom. The van der Waals surface area contributed by atoms with Crippen LogP contribution in [0.5, 0.6) is 0 Å². The van der Waals surface area contributed by atoms with Gasteiger partial charge in [-0.05, 0) is 23.8 Å². The zero-order valence-electron chi connectivity index (χ0n) is 15.5. The van der Waals surface area contributed by atoms with Crippen molar-refractivity contribution in [3.63, 3.8) is 0 Å². The molecule has 0 aliphatic carbocycles. The van der Waals surface area contributed by atoms with Gasteiger partial charge >= 0.3 is 0 Å². The van der Waals surface area contributed by atoms with Crippen LogP contribution in [-0.4, -0.2) is 48.2 Å². The van der Waals surface area contributed by atoms with E-state index in [0.717, 1.165) is 5.56 Å². The van der Waals surface area contributed by atoms with Crippen LogP contribution in [0.1, 0.15) is 22.3 Å². The summed E-state index contributed by atoms with van der Waals surface area (Å²) in [5.74, 6) is -0.741. The molecule has 1 aliphatic rings. The number of anilines is 1. The van der Waals surface area contributed by atoms with Gasteiger partial charge in [0.25, 0.3) is 5.91 Å². The largest absolute Gasteiger partial charge is 0.345 e. The molecule has 140 valence electrons. The van der Waals surface area contributed by atoms with Gasteiger partial charge in [-0.2, -0.15) is 0 Å². The summed E-state index contributed by atoms with van der Waals surface area (Å²) < 4.78 is 0. The minimum Gasteiger partial charge on any atom is -0.345 e. The molecule has 0 spiro atoms. The predicted molar refractivity (Wildman–Crippen MR) is 103 cm³/mol. The lowest BCUT2D eigenvalue weighted by atomic mass is 10.1. The van der Waals surface area contributed by atoms with E-state index in [1.807, 2.05) is 30.3 Å². The van der Waals surface area contributed by atoms with Gasteiger partial charge in [0.05, 0.1) is 5.92 Å². The maximum absolute atomic E-state index is 12.6. The summed E-state index contributed by atoms with van der Waals surface area (Å²) in [6, 6.07) is 16.6. The third kappa shape index (κ3) is 4.53. The molecule has 0 bridgehead atoms. The SMILES string of the molecule is CN(C)C(=O)c1cccc(NC(=O)C2CC(=O)N(Cc3ccccc3)C2)c1. The fraction of sp³-hybridized carbons (Fsp3) is 0.286. The molecule has 3 amide bonds. The highest BCUT2D eigenvalue weighted by Crippen LogP contribution is 2.22. The van der Waals surface area contributed by atoms with Gasteiger partial charge in [0, 0.05) is 44.9 Å². The Labute approximate surface area is 158 Å². The molecule has 2 aromatic carbocycles. The molecule has 1 fully saturated rings. The molecule has 0 aromatic heterocycles. The molecule has 2 aromatic rings. The van der Waals surface area contributed by atoms with Crippen molar-refractivity contribution in [2.75, 3.05) is 26.0 Å². The van der Waals surface area contributed by atoms with Crippen molar-refractivity contribution in [1.29, 1.82) is 0 Å². The summed E-state index contributed by atoms with van der Waals surface area (Å²) >= 11 is 0. The topological polar surface area (TPSA) is 69.7 Å². The zero-order chi connectivity index (χ0) is 19.4. The van der Waals surface area contributed by atoms with Crippen LogP contribution in [0.25, 0.3) is 0 Å². The summed E-state index contributed by atoms with van der Waals surface area (Å²) in [6.45, 7) is 0.909. The van der Waals surface area contributed by atoms with Gasteiger partial charge in [-0.3, -0.25) is 14.4 Å². The van der Waals surface area contributed by atoms with E-state index >= 15 is 0 Å². The Balaban J connectivity index is 1.63. The first-order chi connectivity index (χ1) is 12.9. The van der Waals surface area contributed by atoms with Crippen LogP contribution in [0, 0.1) is 5.92 Å². The Morgan fingerprint density at radius 3 is 2.56 bits per heavy atom. The van der Waals surface area contributed by atoms with Gasteiger partial charge in [0.1, 0.15) is 0 Å². The molecule has 0 saturated carbocycles. The van der Waals surface area contributed by atoms with E-state index in [1.54, 1.807) is 43.3 Å². The zero-order valence-corrected chi connectivity index (χ0v) is 15.5. The van der Waals surface area contributed by atoms with E-state index in [4.69, 9.17) is 0 Å². The fourth-order valence-corrected chi connectivity index (χ4v) is 3.14. The van der Waals surface area contributed by atoms with Gasteiger partial charge in [0.15, 0.2) is 0 Å². The number of hydrogen-bond acceptors (Lipinski definition) is 3. The van der Waals surface area contributed by atoms with Crippen molar-refractivity contribution in [3.8, 4) is 0 Å². The molecule has 3 rings (SSSR count). The number of likely N-dealkylation sites (tertiary alicyclic amines) is 1. The van der Waals surface area contributed by atoms with Crippen molar-refractivity contribution in [1.82, 2.24) is 9.80 Å². The number of amides is 3. The number of nitrogens with one attached hydrogen (secondary N) is 1. The molecular formula is C21H23N3O3. The highest BCUT2D eigenvalue weighted by molar-refractivity contribution is 5.99. The second-order valence-corrected chi connectivity index (χ2v) is 6.93. The third-order valence-electron chi connectivity index (χ3n) is 4.58. The van der Waals surface area contributed by atoms with Crippen LogP contribution in [-0.2, 0) is 16.1 Å². The molecule has 6 nitrogen and oxygen atoms in total. The second-order valence-electron chi connectivity index (χ2n) is 6.93. The first-order valence-corrected chi connectivity index (χ1v) is 8.88. The van der Waals surface area contributed by atoms with Crippen LogP contribution >= 0.6 is 0 Å². The second kappa shape index (κ2) is 8.03. The van der Waals surface area contributed by atoms with E-state index in [1.165, 1.54) is 4.90 Å². The molecule has 1 aliphatic heterocycles. The minimum absolute atomic E-state index is 0.0180. The van der Waals surface area contributed by atoms with E-state index in [2.05, 4.69) is 5.32 Å². The quantitative estimate of drug-likeness (QED) is 0.884. The lowest BCUT2D eigenvalue weighted by molar-refractivity contribution is -0.128. The standard InChI is InChI=1S/C21H23N3O3/c1-23(2)21(27)16-9-6-10-18(11-16)22-20(26)17-12-19(25)24(14-17)13-15-7-4-3-5-8-15/h3-11,17H,12-14H2,1-2H3,(H,22,26). The summed E-state index contributed by atoms with van der Waals surface area (Å²) in [6.07, 6.45) is 0.203. The van der Waals surface area contributed by atoms with Gasteiger partial charge in [-0.25, -0.2) is 0 Å². The monoisotopic (exact) mass is 365 g/mol. The number of carbonyl (C=O) groups excluding carboxylic acids is 3. The van der Waals surface area contributed by atoms with E-state index in [9.17, 15) is 14.4 Å². The predicted octanol–water partition coefficient (Wildman–Crippen LogP) is 2.38. The number of hydrogen-bond donors (Lipinski definition) is 1. The molecular weight excluding hydrogens is 342 g/mol. The third-order valence-corrected chi connectivity index (χ3v) is 4.58. The number of nitrogens with zero attached hydrogens (tertiary/aromatic N) is 2. The first-order valence-electron chi connectivity index (χ1n) is 8.88. The number of carbonyl (C=O) groups is 3. The normalized spacial score (nSPS) is 16.3. The van der Waals surface area contributed by atoms with E-state index in [0.29, 0.717) is 24.3 Å². The Morgan fingerprint density at radius 1 is 1.11 bits per heavy atom. The molecule has 1 saturated heterocycles. The van der Waals surface area contributed by atoms with Crippen LogP contribution in [0.15, 0.2) is 54.6 Å². The maximum atomic E-state index is 12.6. The smallest absolute Gasteiger partial charge is 0.253 e. The van der Waals surface area contributed by atoms with Gasteiger partial charge in [-0.1, -0.05) is 36.4 Å². The van der Waals surface area contributed by atoms with Crippen LogP contribution in [0.3, 0.4) is 0 Å². The maximum Gasteiger partial charge on any atom is 0.253 e. The van der Waals surface area contributed by atoms with Gasteiger partial charge in [-0.15, -0.1) is 0 Å². The highest BCUT2D eigenvalue weighted by atomic mass is 16.2. The number of benzene rings is 2. The summed E-state index contributed by atoms with van der Waals surface area (Å²) in [5.41, 5.74) is 2.11. The van der Waals surface area contributed by atoms with Crippen molar-refractivity contribution in [2.45, 2.75) is 13.0 Å². The highest BCUT2D eigenvalue weighted by Gasteiger charge is 2.34. The van der Waals surface area contributed by atoms with Crippen molar-refractivity contribution in [3.05, 3.63) is 65.7 Å². The van der Waals surface area contributed by atoms with Crippen LogP contribution in [0.2, 0.25) is 0 Å². The molecule has 0 radical (unpaired) electrons. The van der Waals surface area contributed by atoms with Crippen molar-refractivity contribution < 1.29 is 14.4 Å². The average Bonchev–Trinajstić information content (AvgIpc) is 3.03. The Bertz CT molecular complexity index is 849. The Kier molecular flexibility index (Phi) is 5.54. The van der Waals surface area contributed by atoms with Crippen molar-refractivity contribution >= 4 is 23.4 Å². The van der Waals surface area contributed by atoms with E-state index < -0.39 is 5.92 Å². The molecule has 1 N–H and O–H groups in total. The molecule has 1 heterocycles. The number of rotatable bonds is 5. The lowest BCUT2D eigenvalue weighted by Gasteiger charge is -2.17. The van der Waals surface area contributed by atoms with Gasteiger partial charge < -0.3 is 15.1 Å². The fourth-order valence-electron chi connectivity index (χ4n) is 3.14. The van der Waals surface area contributed by atoms with Crippen LogP contribution < -0.4 is 5.32 Å². The molecule has 6 heteroatoms. The van der Waals surface area contributed by atoms with Crippen molar-refractivity contribution in [2.24, 2.45) is 5.92 Å². The summed E-state index contributed by atoms with van der Waals surface area (Å²) in [7, 11) is 3.36. The first kappa shape index (κ1) is 18.6. The lowest BCUT2D eigenvalue weighted by Crippen LogP contribution is -2.28. The average molecular weight is 365 g/mol. The van der Waals surface area contributed by atoms with Gasteiger partial charge in [0.2, 0.25) is 11.8 Å². The van der Waals surface area contributed by atoms with Crippen LogP contribution in [0.4, 0.5) is 5.69 Å². The molecule has 27 heavy (non-hydrogen) atoms. The minimum atomic E-state index is -0.394.